The predicted octanol–water partition coefficient (Wildman–Crippen LogP) is 4.78. The molecule has 0 saturated carbocycles. The summed E-state index contributed by atoms with van der Waals surface area (Å²) in [6.07, 6.45) is 1.60. The highest BCUT2D eigenvalue weighted by Crippen LogP contribution is 2.29. The lowest BCUT2D eigenvalue weighted by atomic mass is 10.0. The average Bonchev–Trinajstić information content (AvgIpc) is 2.75. The molecule has 0 aliphatic carbocycles. The molecule has 3 aromatic carbocycles. The lowest BCUT2D eigenvalue weighted by Gasteiger charge is -2.12. The third kappa shape index (κ3) is 5.66. The Morgan fingerprint density at radius 1 is 1.00 bits per heavy atom. The molecule has 172 valence electrons. The van der Waals surface area contributed by atoms with Crippen molar-refractivity contribution in [3.63, 3.8) is 0 Å². The van der Waals surface area contributed by atoms with E-state index in [-0.39, 0.29) is 22.0 Å². The molecule has 0 heterocycles. The molecule has 0 aliphatic rings. The van der Waals surface area contributed by atoms with E-state index in [1.165, 1.54) is 31.4 Å². The van der Waals surface area contributed by atoms with Crippen LogP contribution in [0.2, 0.25) is 0 Å². The number of nitro benzene ring substituents is 1. The number of aryl methyl sites for hydroxylation is 3. The Labute approximate surface area is 192 Å². The predicted molar refractivity (Wildman–Crippen MR) is 129 cm³/mol. The van der Waals surface area contributed by atoms with Crippen molar-refractivity contribution >= 4 is 33.3 Å². The second kappa shape index (κ2) is 9.70. The zero-order chi connectivity index (χ0) is 24.2. The van der Waals surface area contributed by atoms with E-state index in [1.54, 1.807) is 18.3 Å². The van der Waals surface area contributed by atoms with Gasteiger partial charge < -0.3 is 4.74 Å². The topological polar surface area (TPSA) is 123 Å². The zero-order valence-electron chi connectivity index (χ0n) is 18.6. The Balaban J connectivity index is 1.95. The molecule has 0 fully saturated rings. The number of nitrogens with one attached hydrogen (secondary N) is 2. The van der Waals surface area contributed by atoms with Crippen molar-refractivity contribution in [2.24, 2.45) is 5.10 Å². The second-order valence-electron chi connectivity index (χ2n) is 7.45. The summed E-state index contributed by atoms with van der Waals surface area (Å²) in [5.74, 6) is 0.562. The fraction of sp³-hybridized carbons (Fsp3) is 0.174. The van der Waals surface area contributed by atoms with Crippen LogP contribution < -0.4 is 14.9 Å². The van der Waals surface area contributed by atoms with Crippen LogP contribution in [-0.4, -0.2) is 26.7 Å². The first kappa shape index (κ1) is 23.7. The summed E-state index contributed by atoms with van der Waals surface area (Å²) in [5.41, 5.74) is 6.81. The van der Waals surface area contributed by atoms with Gasteiger partial charge in [0, 0.05) is 23.4 Å². The van der Waals surface area contributed by atoms with Crippen LogP contribution in [0.25, 0.3) is 0 Å². The van der Waals surface area contributed by atoms with Crippen LogP contribution in [0.3, 0.4) is 0 Å². The van der Waals surface area contributed by atoms with Crippen molar-refractivity contribution in [3.05, 3.63) is 87.0 Å². The Bertz CT molecular complexity index is 1300. The van der Waals surface area contributed by atoms with Gasteiger partial charge in [-0.05, 0) is 62.2 Å². The maximum absolute atomic E-state index is 13.1. The summed E-state index contributed by atoms with van der Waals surface area (Å²) in [7, 11) is -2.67. The Hall–Kier alpha value is -3.92. The maximum atomic E-state index is 13.1. The van der Waals surface area contributed by atoms with Gasteiger partial charge in [-0.1, -0.05) is 17.7 Å². The van der Waals surface area contributed by atoms with E-state index in [9.17, 15) is 18.5 Å². The molecule has 2 N–H and O–H groups in total. The Kier molecular flexibility index (Phi) is 6.98. The Morgan fingerprint density at radius 3 is 2.21 bits per heavy atom. The van der Waals surface area contributed by atoms with Crippen molar-refractivity contribution in [2.45, 2.75) is 25.7 Å². The number of benzene rings is 3. The van der Waals surface area contributed by atoms with Crippen LogP contribution in [0, 0.1) is 30.9 Å². The first-order valence-corrected chi connectivity index (χ1v) is 11.4. The van der Waals surface area contributed by atoms with E-state index < -0.39 is 14.9 Å². The number of ether oxygens (including phenoxy) is 1. The average molecular weight is 469 g/mol. The summed E-state index contributed by atoms with van der Waals surface area (Å²) in [6.45, 7) is 5.92. The van der Waals surface area contributed by atoms with E-state index in [0.717, 1.165) is 28.3 Å². The monoisotopic (exact) mass is 468 g/mol. The molecule has 0 atom stereocenters. The molecule has 0 saturated heterocycles. The van der Waals surface area contributed by atoms with Crippen LogP contribution in [0.5, 0.6) is 5.75 Å². The molecule has 3 aromatic rings. The standard InChI is InChI=1S/C23H24N4O5S/c1-15-11-16(2)21(17(3)12-15)14-24-25-22-10-7-19(27(28)29)13-23(22)33(30,31)26-18-5-8-20(32-4)9-6-18/h5-14,25-26H,1-4H3. The van der Waals surface area contributed by atoms with Crippen LogP contribution in [0.1, 0.15) is 22.3 Å². The third-order valence-corrected chi connectivity index (χ3v) is 6.35. The van der Waals surface area contributed by atoms with Gasteiger partial charge in [0.15, 0.2) is 0 Å². The van der Waals surface area contributed by atoms with Gasteiger partial charge in [-0.2, -0.15) is 5.10 Å². The van der Waals surface area contributed by atoms with Gasteiger partial charge in [0.1, 0.15) is 10.6 Å². The second-order valence-corrected chi connectivity index (χ2v) is 9.10. The van der Waals surface area contributed by atoms with Gasteiger partial charge in [-0.25, -0.2) is 8.42 Å². The normalized spacial score (nSPS) is 11.4. The van der Waals surface area contributed by atoms with Gasteiger partial charge in [0.25, 0.3) is 15.7 Å². The minimum Gasteiger partial charge on any atom is -0.497 e. The number of non-ortho nitro benzene ring substituents is 1. The molecule has 0 bridgehead atoms. The fourth-order valence-corrected chi connectivity index (χ4v) is 4.61. The summed E-state index contributed by atoms with van der Waals surface area (Å²) >= 11 is 0. The molecule has 3 rings (SSSR count). The van der Waals surface area contributed by atoms with E-state index in [0.29, 0.717) is 5.75 Å². The molecule has 0 aliphatic heterocycles. The first-order valence-electron chi connectivity index (χ1n) is 9.93. The molecule has 0 radical (unpaired) electrons. The van der Waals surface area contributed by atoms with Gasteiger partial charge >= 0.3 is 0 Å². The van der Waals surface area contributed by atoms with E-state index in [1.807, 2.05) is 32.9 Å². The Morgan fingerprint density at radius 2 is 1.64 bits per heavy atom. The maximum Gasteiger partial charge on any atom is 0.270 e. The lowest BCUT2D eigenvalue weighted by molar-refractivity contribution is -0.385. The molecular weight excluding hydrogens is 444 g/mol. The number of hydrogen-bond donors (Lipinski definition) is 2. The number of anilines is 2. The van der Waals surface area contributed by atoms with Crippen molar-refractivity contribution < 1.29 is 18.1 Å². The van der Waals surface area contributed by atoms with Gasteiger partial charge in [-0.3, -0.25) is 20.3 Å². The zero-order valence-corrected chi connectivity index (χ0v) is 19.4. The minimum atomic E-state index is -4.17. The number of sulfonamides is 1. The van der Waals surface area contributed by atoms with Gasteiger partial charge in [0.05, 0.1) is 23.9 Å². The number of nitrogens with zero attached hydrogens (tertiary/aromatic N) is 2. The summed E-state index contributed by atoms with van der Waals surface area (Å²) < 4.78 is 33.6. The number of hydrogen-bond acceptors (Lipinski definition) is 7. The van der Waals surface area contributed by atoms with E-state index >= 15 is 0 Å². The van der Waals surface area contributed by atoms with E-state index in [4.69, 9.17) is 4.74 Å². The molecule has 0 amide bonds. The van der Waals surface area contributed by atoms with Crippen LogP contribution >= 0.6 is 0 Å². The van der Waals surface area contributed by atoms with Crippen molar-refractivity contribution in [1.29, 1.82) is 0 Å². The van der Waals surface area contributed by atoms with Crippen molar-refractivity contribution in [1.82, 2.24) is 0 Å². The number of hydrazone groups is 1. The largest absolute Gasteiger partial charge is 0.497 e. The van der Waals surface area contributed by atoms with Gasteiger partial charge in [0.2, 0.25) is 0 Å². The minimum absolute atomic E-state index is 0.0975. The summed E-state index contributed by atoms with van der Waals surface area (Å²) in [4.78, 5) is 10.3. The van der Waals surface area contributed by atoms with Crippen molar-refractivity contribution in [2.75, 3.05) is 17.3 Å². The lowest BCUT2D eigenvalue weighted by Crippen LogP contribution is -2.15. The van der Waals surface area contributed by atoms with E-state index in [2.05, 4.69) is 15.2 Å². The van der Waals surface area contributed by atoms with Gasteiger partial charge in [-0.15, -0.1) is 0 Å². The third-order valence-electron chi connectivity index (χ3n) is 4.92. The number of rotatable bonds is 8. The van der Waals surface area contributed by atoms with Crippen LogP contribution in [0.15, 0.2) is 64.6 Å². The van der Waals surface area contributed by atoms with Crippen LogP contribution in [0.4, 0.5) is 17.1 Å². The molecular formula is C23H24N4O5S. The number of nitro groups is 1. The fourth-order valence-electron chi connectivity index (χ4n) is 3.37. The number of methoxy groups -OCH3 is 1. The molecule has 10 heteroatoms. The quantitative estimate of drug-likeness (QED) is 0.279. The SMILES string of the molecule is COc1ccc(NS(=O)(=O)c2cc([N+](=O)[O-])ccc2NN=Cc2c(C)cc(C)cc2C)cc1. The smallest absolute Gasteiger partial charge is 0.270 e. The molecule has 9 nitrogen and oxygen atoms in total. The molecule has 0 aromatic heterocycles. The molecule has 33 heavy (non-hydrogen) atoms. The summed E-state index contributed by atoms with van der Waals surface area (Å²) in [6, 6.07) is 13.8. The molecule has 0 spiro atoms. The highest BCUT2D eigenvalue weighted by molar-refractivity contribution is 7.92. The highest BCUT2D eigenvalue weighted by Gasteiger charge is 2.23. The van der Waals surface area contributed by atoms with Crippen molar-refractivity contribution in [3.8, 4) is 5.75 Å². The first-order chi connectivity index (χ1) is 15.6. The summed E-state index contributed by atoms with van der Waals surface area (Å²) in [5, 5.41) is 15.4. The molecule has 0 unspecified atom stereocenters. The highest BCUT2D eigenvalue weighted by atomic mass is 32.2. The van der Waals surface area contributed by atoms with Crippen LogP contribution in [-0.2, 0) is 10.0 Å².